The van der Waals surface area contributed by atoms with Crippen LogP contribution in [0.3, 0.4) is 0 Å². The van der Waals surface area contributed by atoms with Crippen LogP contribution in [0.1, 0.15) is 84.0 Å². The highest BCUT2D eigenvalue weighted by molar-refractivity contribution is 6.20. The monoisotopic (exact) mass is 466 g/mol. The van der Waals surface area contributed by atoms with E-state index < -0.39 is 41.6 Å². The Kier molecular flexibility index (Phi) is 9.80. The number of imide groups is 2. The average Bonchev–Trinajstić information content (AvgIpc) is 2.95. The number of likely N-dealkylation sites (tertiary alicyclic amines) is 1. The summed E-state index contributed by atoms with van der Waals surface area (Å²) in [6, 6.07) is -1.15. The van der Waals surface area contributed by atoms with Crippen LogP contribution in [0.5, 0.6) is 0 Å². The van der Waals surface area contributed by atoms with Crippen LogP contribution in [0.4, 0.5) is 4.79 Å². The smallest absolute Gasteiger partial charge is 0.350 e. The fraction of sp³-hybridized carbons (Fsp3) is 0.727. The highest BCUT2D eigenvalue weighted by atomic mass is 16.4. The van der Waals surface area contributed by atoms with Crippen LogP contribution >= 0.6 is 0 Å². The molecule has 0 aromatic carbocycles. The number of carboxylic acid groups (broad SMARTS) is 1. The maximum atomic E-state index is 13.2. The van der Waals surface area contributed by atoms with Gasteiger partial charge in [0.25, 0.3) is 11.8 Å². The van der Waals surface area contributed by atoms with E-state index in [9.17, 15) is 33.9 Å². The van der Waals surface area contributed by atoms with E-state index in [-0.39, 0.29) is 18.9 Å². The molecular weight excluding hydrogens is 432 g/mol. The molecule has 6 amide bonds. The van der Waals surface area contributed by atoms with Gasteiger partial charge in [-0.2, -0.15) is 5.01 Å². The lowest BCUT2D eigenvalue weighted by atomic mass is 9.76. The van der Waals surface area contributed by atoms with Gasteiger partial charge in [0, 0.05) is 13.0 Å². The zero-order chi connectivity index (χ0) is 24.4. The number of nitrogens with zero attached hydrogens (tertiary/aromatic N) is 2. The van der Waals surface area contributed by atoms with E-state index in [1.165, 1.54) is 4.90 Å². The predicted octanol–water partition coefficient (Wildman–Crippen LogP) is 1.71. The molecule has 33 heavy (non-hydrogen) atoms. The quantitative estimate of drug-likeness (QED) is 0.292. The van der Waals surface area contributed by atoms with Crippen molar-refractivity contribution in [2.75, 3.05) is 13.1 Å². The number of unbranched alkanes of at least 4 members (excludes halogenated alkanes) is 5. The largest absolute Gasteiger partial charge is 0.481 e. The molecule has 0 aromatic heterocycles. The number of barbiturate groups is 1. The first-order valence-electron chi connectivity index (χ1n) is 11.7. The fourth-order valence-electron chi connectivity index (χ4n) is 4.25. The third-order valence-electron chi connectivity index (χ3n) is 6.12. The van der Waals surface area contributed by atoms with E-state index in [0.717, 1.165) is 44.9 Å². The van der Waals surface area contributed by atoms with Crippen molar-refractivity contribution in [3.05, 3.63) is 0 Å². The summed E-state index contributed by atoms with van der Waals surface area (Å²) in [4.78, 5) is 75.7. The normalized spacial score (nSPS) is 21.6. The molecule has 2 rings (SSSR count). The van der Waals surface area contributed by atoms with Crippen LogP contribution in [-0.2, 0) is 24.0 Å². The first-order chi connectivity index (χ1) is 15.7. The lowest BCUT2D eigenvalue weighted by Gasteiger charge is -2.38. The first-order valence-corrected chi connectivity index (χ1v) is 11.7. The molecule has 0 spiro atoms. The van der Waals surface area contributed by atoms with Crippen molar-refractivity contribution < 1.29 is 33.9 Å². The number of hydrogen-bond donors (Lipinski definition) is 3. The highest BCUT2D eigenvalue weighted by Crippen LogP contribution is 2.34. The summed E-state index contributed by atoms with van der Waals surface area (Å²) in [7, 11) is 0. The van der Waals surface area contributed by atoms with Gasteiger partial charge in [-0.15, -0.1) is 0 Å². The molecule has 1 unspecified atom stereocenters. The Morgan fingerprint density at radius 2 is 1.73 bits per heavy atom. The number of carboxylic acids is 1. The van der Waals surface area contributed by atoms with Gasteiger partial charge in [0.1, 0.15) is 12.0 Å². The summed E-state index contributed by atoms with van der Waals surface area (Å²) < 4.78 is 0. The Balaban J connectivity index is 2.10. The second-order valence-corrected chi connectivity index (χ2v) is 8.73. The van der Waals surface area contributed by atoms with Crippen molar-refractivity contribution in [2.24, 2.45) is 5.41 Å². The second-order valence-electron chi connectivity index (χ2n) is 8.73. The molecule has 2 aliphatic rings. The molecule has 3 N–H and O–H groups in total. The van der Waals surface area contributed by atoms with E-state index in [4.69, 9.17) is 0 Å². The van der Waals surface area contributed by atoms with Crippen LogP contribution in [0, 0.1) is 5.41 Å². The second kappa shape index (κ2) is 12.3. The topological polar surface area (TPSA) is 153 Å². The summed E-state index contributed by atoms with van der Waals surface area (Å²) in [6.07, 6.45) is 6.97. The molecule has 1 atom stereocenters. The van der Waals surface area contributed by atoms with Gasteiger partial charge in [0.05, 0.1) is 6.42 Å². The summed E-state index contributed by atoms with van der Waals surface area (Å²) in [5.74, 6) is -4.35. The van der Waals surface area contributed by atoms with Crippen molar-refractivity contribution in [1.29, 1.82) is 0 Å². The number of carbonyl (C=O) groups excluding carboxylic acids is 5. The minimum Gasteiger partial charge on any atom is -0.481 e. The standard InChI is InChI=1S/C22H34N4O7/c1-2-3-4-5-6-9-12-22(14-18(29)30)19(31)23-21(33)26(20(22)32)24-16(27)15-25-13-10-7-8-11-17(25)28/h2-15H2,1H3,(H,24,27)(H,29,30)(H,23,31,33). The van der Waals surface area contributed by atoms with Gasteiger partial charge in [0.15, 0.2) is 0 Å². The lowest BCUT2D eigenvalue weighted by Crippen LogP contribution is -2.68. The number of hydrazine groups is 1. The van der Waals surface area contributed by atoms with Crippen LogP contribution < -0.4 is 10.7 Å². The molecule has 2 aliphatic heterocycles. The molecule has 0 bridgehead atoms. The van der Waals surface area contributed by atoms with Crippen molar-refractivity contribution in [3.8, 4) is 0 Å². The average molecular weight is 467 g/mol. The minimum atomic E-state index is -1.99. The number of urea groups is 1. The Morgan fingerprint density at radius 1 is 1.03 bits per heavy atom. The fourth-order valence-corrected chi connectivity index (χ4v) is 4.25. The van der Waals surface area contributed by atoms with E-state index in [2.05, 4.69) is 12.3 Å². The maximum Gasteiger partial charge on any atom is 0.350 e. The summed E-state index contributed by atoms with van der Waals surface area (Å²) >= 11 is 0. The number of carbonyl (C=O) groups is 6. The summed E-state index contributed by atoms with van der Waals surface area (Å²) in [5.41, 5.74) is 0.177. The molecule has 0 radical (unpaired) electrons. The molecule has 184 valence electrons. The predicted molar refractivity (Wildman–Crippen MR) is 116 cm³/mol. The highest BCUT2D eigenvalue weighted by Gasteiger charge is 2.55. The number of rotatable bonds is 12. The van der Waals surface area contributed by atoms with Gasteiger partial charge in [-0.25, -0.2) is 4.79 Å². The third-order valence-corrected chi connectivity index (χ3v) is 6.12. The summed E-state index contributed by atoms with van der Waals surface area (Å²) in [5, 5.41) is 11.8. The SMILES string of the molecule is CCCCCCCCC1(CC(=O)O)C(=O)NC(=O)N(NC(=O)CN2CCCCCC2=O)C1=O. The van der Waals surface area contributed by atoms with Crippen LogP contribution in [0.15, 0.2) is 0 Å². The lowest BCUT2D eigenvalue weighted by molar-refractivity contribution is -0.162. The minimum absolute atomic E-state index is 0.0552. The molecule has 0 saturated carbocycles. The van der Waals surface area contributed by atoms with Gasteiger partial charge in [0.2, 0.25) is 11.8 Å². The van der Waals surface area contributed by atoms with Crippen LogP contribution in [-0.4, -0.2) is 63.7 Å². The Hall–Kier alpha value is -2.98. The van der Waals surface area contributed by atoms with E-state index in [0.29, 0.717) is 30.8 Å². The maximum absolute atomic E-state index is 13.2. The molecular formula is C22H34N4O7. The Bertz CT molecular complexity index is 785. The third kappa shape index (κ3) is 7.00. The molecule has 0 aliphatic carbocycles. The van der Waals surface area contributed by atoms with Crippen molar-refractivity contribution >= 4 is 35.6 Å². The number of hydrogen-bond acceptors (Lipinski definition) is 6. The molecule has 11 heteroatoms. The molecule has 11 nitrogen and oxygen atoms in total. The van der Waals surface area contributed by atoms with Gasteiger partial charge in [-0.05, 0) is 19.3 Å². The number of aliphatic carboxylic acids is 1. The van der Waals surface area contributed by atoms with E-state index in [1.807, 2.05) is 5.32 Å². The van der Waals surface area contributed by atoms with Gasteiger partial charge < -0.3 is 10.0 Å². The van der Waals surface area contributed by atoms with Gasteiger partial charge in [-0.3, -0.25) is 34.7 Å². The number of nitrogens with one attached hydrogen (secondary N) is 2. The summed E-state index contributed by atoms with van der Waals surface area (Å²) in [6.45, 7) is 2.13. The zero-order valence-corrected chi connectivity index (χ0v) is 19.2. The van der Waals surface area contributed by atoms with Crippen molar-refractivity contribution in [1.82, 2.24) is 20.7 Å². The zero-order valence-electron chi connectivity index (χ0n) is 19.2. The first kappa shape index (κ1) is 26.3. The van der Waals surface area contributed by atoms with Crippen LogP contribution in [0.2, 0.25) is 0 Å². The van der Waals surface area contributed by atoms with Gasteiger partial charge >= 0.3 is 12.0 Å². The van der Waals surface area contributed by atoms with Crippen LogP contribution in [0.25, 0.3) is 0 Å². The van der Waals surface area contributed by atoms with E-state index in [1.54, 1.807) is 0 Å². The number of amides is 6. The van der Waals surface area contributed by atoms with Crippen molar-refractivity contribution in [3.63, 3.8) is 0 Å². The Morgan fingerprint density at radius 3 is 2.42 bits per heavy atom. The van der Waals surface area contributed by atoms with Gasteiger partial charge in [-0.1, -0.05) is 51.9 Å². The Labute approximate surface area is 193 Å². The molecule has 2 fully saturated rings. The molecule has 2 heterocycles. The van der Waals surface area contributed by atoms with E-state index >= 15 is 0 Å². The van der Waals surface area contributed by atoms with Crippen molar-refractivity contribution in [2.45, 2.75) is 84.0 Å². The molecule has 2 saturated heterocycles. The molecule has 0 aromatic rings.